The van der Waals surface area contributed by atoms with E-state index in [0.717, 1.165) is 0 Å². The molecule has 2 N–H and O–H groups in total. The molecule has 2 fully saturated rings. The maximum atomic E-state index is 12.6. The van der Waals surface area contributed by atoms with E-state index >= 15 is 0 Å². The monoisotopic (exact) mass is 317 g/mol. The Morgan fingerprint density at radius 2 is 1.95 bits per heavy atom. The summed E-state index contributed by atoms with van der Waals surface area (Å²) in [6.45, 7) is 1.14. The Morgan fingerprint density at radius 3 is 2.62 bits per heavy atom. The topological polar surface area (TPSA) is 99.2 Å². The van der Waals surface area contributed by atoms with E-state index in [-0.39, 0.29) is 19.1 Å². The zero-order valence-corrected chi connectivity index (χ0v) is 12.6. The summed E-state index contributed by atoms with van der Waals surface area (Å²) in [6, 6.07) is -1.95. The van der Waals surface area contributed by atoms with Crippen LogP contribution in [0.1, 0.15) is 0 Å². The molecule has 2 rings (SSSR count). The number of amides is 3. The van der Waals surface area contributed by atoms with Crippen LogP contribution in [0.3, 0.4) is 0 Å². The van der Waals surface area contributed by atoms with Crippen molar-refractivity contribution in [3.05, 3.63) is 0 Å². The van der Waals surface area contributed by atoms with Gasteiger partial charge in [-0.05, 0) is 0 Å². The predicted molar refractivity (Wildman–Crippen MR) is 76.2 cm³/mol. The van der Waals surface area contributed by atoms with Crippen molar-refractivity contribution in [3.8, 4) is 0 Å². The molecule has 2 atom stereocenters. The molecule has 118 valence electrons. The predicted octanol–water partition coefficient (Wildman–Crippen LogP) is -0.945. The number of carbonyl (C=O) groups excluding carboxylic acids is 2. The summed E-state index contributed by atoms with van der Waals surface area (Å²) in [5.41, 5.74) is 0. The molecule has 2 aliphatic heterocycles. The van der Waals surface area contributed by atoms with Gasteiger partial charge < -0.3 is 25.0 Å². The lowest BCUT2D eigenvalue weighted by Crippen LogP contribution is -2.62. The second-order valence-electron chi connectivity index (χ2n) is 4.80. The van der Waals surface area contributed by atoms with Crippen LogP contribution in [0.15, 0.2) is 0 Å². The molecule has 0 bridgehead atoms. The highest BCUT2D eigenvalue weighted by Crippen LogP contribution is 2.20. The van der Waals surface area contributed by atoms with Crippen molar-refractivity contribution < 1.29 is 24.2 Å². The van der Waals surface area contributed by atoms with Crippen molar-refractivity contribution in [1.29, 1.82) is 0 Å². The van der Waals surface area contributed by atoms with Gasteiger partial charge in [0.1, 0.15) is 12.1 Å². The summed E-state index contributed by atoms with van der Waals surface area (Å²) >= 11 is 1.51. The number of hydrogen-bond acceptors (Lipinski definition) is 5. The van der Waals surface area contributed by atoms with Gasteiger partial charge >= 0.3 is 12.0 Å². The molecule has 0 spiro atoms. The van der Waals surface area contributed by atoms with Gasteiger partial charge in [0.25, 0.3) is 0 Å². The maximum absolute atomic E-state index is 12.6. The average molecular weight is 317 g/mol. The van der Waals surface area contributed by atoms with Gasteiger partial charge in [0.05, 0.1) is 13.2 Å². The van der Waals surface area contributed by atoms with E-state index in [1.54, 1.807) is 0 Å². The molecule has 0 saturated carbocycles. The molecule has 21 heavy (non-hydrogen) atoms. The lowest BCUT2D eigenvalue weighted by atomic mass is 10.2. The minimum atomic E-state index is -1.01. The van der Waals surface area contributed by atoms with Gasteiger partial charge in [-0.1, -0.05) is 0 Å². The number of carbonyl (C=O) groups is 3. The summed E-state index contributed by atoms with van der Waals surface area (Å²) in [4.78, 5) is 38.6. The quantitative estimate of drug-likeness (QED) is 0.682. The SMILES string of the molecule is CNC(=O)C1COCCN1C(=O)N1CCSCC1C(=O)O. The number of nitrogens with zero attached hydrogens (tertiary/aromatic N) is 2. The molecular weight excluding hydrogens is 298 g/mol. The molecule has 8 nitrogen and oxygen atoms in total. The van der Waals surface area contributed by atoms with Crippen LogP contribution in [0.25, 0.3) is 0 Å². The van der Waals surface area contributed by atoms with Gasteiger partial charge in [-0.2, -0.15) is 11.8 Å². The van der Waals surface area contributed by atoms with Crippen LogP contribution in [-0.2, 0) is 14.3 Å². The van der Waals surface area contributed by atoms with Gasteiger partial charge in [0, 0.05) is 31.6 Å². The van der Waals surface area contributed by atoms with Crippen molar-refractivity contribution in [2.75, 3.05) is 44.9 Å². The van der Waals surface area contributed by atoms with E-state index in [1.807, 2.05) is 0 Å². The number of ether oxygens (including phenoxy) is 1. The van der Waals surface area contributed by atoms with E-state index in [9.17, 15) is 19.5 Å². The zero-order valence-electron chi connectivity index (χ0n) is 11.8. The molecule has 0 aromatic heterocycles. The van der Waals surface area contributed by atoms with Crippen LogP contribution in [-0.4, -0.2) is 89.8 Å². The normalized spacial score (nSPS) is 26.3. The van der Waals surface area contributed by atoms with E-state index in [0.29, 0.717) is 24.7 Å². The number of hydrogen-bond donors (Lipinski definition) is 2. The van der Waals surface area contributed by atoms with Crippen molar-refractivity contribution in [1.82, 2.24) is 15.1 Å². The van der Waals surface area contributed by atoms with Crippen LogP contribution in [0.5, 0.6) is 0 Å². The second-order valence-corrected chi connectivity index (χ2v) is 5.95. The second kappa shape index (κ2) is 6.99. The van der Waals surface area contributed by atoms with Crippen LogP contribution in [0.4, 0.5) is 4.79 Å². The molecule has 0 aromatic rings. The third kappa shape index (κ3) is 3.41. The number of likely N-dealkylation sites (N-methyl/N-ethyl adjacent to an activating group) is 1. The van der Waals surface area contributed by atoms with Gasteiger partial charge in [-0.15, -0.1) is 0 Å². The Balaban J connectivity index is 2.15. The summed E-state index contributed by atoms with van der Waals surface area (Å²) in [6.07, 6.45) is 0. The number of carboxylic acid groups (broad SMARTS) is 1. The zero-order chi connectivity index (χ0) is 15.4. The van der Waals surface area contributed by atoms with E-state index < -0.39 is 24.1 Å². The lowest BCUT2D eigenvalue weighted by molar-refractivity contribution is -0.141. The lowest BCUT2D eigenvalue weighted by Gasteiger charge is -2.40. The van der Waals surface area contributed by atoms with Crippen LogP contribution in [0, 0.1) is 0 Å². The van der Waals surface area contributed by atoms with Crippen LogP contribution < -0.4 is 5.32 Å². The summed E-state index contributed by atoms with van der Waals surface area (Å²) in [5.74, 6) is -0.248. The molecule has 0 aromatic carbocycles. The number of morpholine rings is 1. The molecule has 3 amide bonds. The summed E-state index contributed by atoms with van der Waals surface area (Å²) < 4.78 is 5.25. The fourth-order valence-corrected chi connectivity index (χ4v) is 3.46. The number of aliphatic carboxylic acids is 1. The Kier molecular flexibility index (Phi) is 5.29. The Labute approximate surface area is 126 Å². The molecule has 0 radical (unpaired) electrons. The first-order chi connectivity index (χ1) is 10.1. The number of nitrogens with one attached hydrogen (secondary N) is 1. The van der Waals surface area contributed by atoms with Crippen LogP contribution >= 0.6 is 11.8 Å². The molecule has 2 heterocycles. The van der Waals surface area contributed by atoms with Crippen molar-refractivity contribution in [3.63, 3.8) is 0 Å². The third-order valence-corrected chi connectivity index (χ3v) is 4.61. The fourth-order valence-electron chi connectivity index (χ4n) is 2.42. The molecular formula is C12H19N3O5S. The highest BCUT2D eigenvalue weighted by molar-refractivity contribution is 7.99. The fraction of sp³-hybridized carbons (Fsp3) is 0.750. The maximum Gasteiger partial charge on any atom is 0.327 e. The number of carboxylic acids is 1. The van der Waals surface area contributed by atoms with Gasteiger partial charge in [0.2, 0.25) is 5.91 Å². The van der Waals surface area contributed by atoms with Gasteiger partial charge in [-0.25, -0.2) is 9.59 Å². The number of rotatable bonds is 2. The Hall–Kier alpha value is -1.48. The first kappa shape index (κ1) is 15.9. The largest absolute Gasteiger partial charge is 0.480 e. The summed E-state index contributed by atoms with van der Waals surface area (Å²) in [7, 11) is 1.50. The minimum Gasteiger partial charge on any atom is -0.480 e. The first-order valence-corrected chi connectivity index (χ1v) is 7.89. The van der Waals surface area contributed by atoms with E-state index in [2.05, 4.69) is 5.32 Å². The minimum absolute atomic E-state index is 0.131. The smallest absolute Gasteiger partial charge is 0.327 e. The first-order valence-electron chi connectivity index (χ1n) is 6.73. The van der Waals surface area contributed by atoms with Gasteiger partial charge in [-0.3, -0.25) is 4.79 Å². The van der Waals surface area contributed by atoms with Crippen molar-refractivity contribution >= 4 is 29.7 Å². The highest BCUT2D eigenvalue weighted by Gasteiger charge is 2.39. The number of urea groups is 1. The molecule has 2 saturated heterocycles. The van der Waals surface area contributed by atoms with E-state index in [4.69, 9.17) is 4.74 Å². The van der Waals surface area contributed by atoms with Crippen LogP contribution in [0.2, 0.25) is 0 Å². The van der Waals surface area contributed by atoms with E-state index in [1.165, 1.54) is 28.6 Å². The van der Waals surface area contributed by atoms with Crippen molar-refractivity contribution in [2.24, 2.45) is 0 Å². The number of thioether (sulfide) groups is 1. The molecule has 2 aliphatic rings. The van der Waals surface area contributed by atoms with Crippen molar-refractivity contribution in [2.45, 2.75) is 12.1 Å². The average Bonchev–Trinajstić information content (AvgIpc) is 2.53. The summed E-state index contributed by atoms with van der Waals surface area (Å²) in [5, 5.41) is 11.8. The Bertz CT molecular complexity index is 433. The molecule has 2 unspecified atom stereocenters. The molecule has 9 heteroatoms. The molecule has 0 aliphatic carbocycles. The Morgan fingerprint density at radius 1 is 1.24 bits per heavy atom. The van der Waals surface area contributed by atoms with Gasteiger partial charge in [0.15, 0.2) is 0 Å². The third-order valence-electron chi connectivity index (χ3n) is 3.58. The standard InChI is InChI=1S/C12H19N3O5S/c1-13-10(16)8-6-20-4-2-14(8)12(19)15-3-5-21-7-9(15)11(17)18/h8-9H,2-7H2,1H3,(H,13,16)(H,17,18). The highest BCUT2D eigenvalue weighted by atomic mass is 32.2.